The number of rotatable bonds is 2. The van der Waals surface area contributed by atoms with Gasteiger partial charge in [-0.3, -0.25) is 0 Å². The number of hydrogen-bond acceptors (Lipinski definition) is 1. The quantitative estimate of drug-likeness (QED) is 0.709. The van der Waals surface area contributed by atoms with Crippen LogP contribution < -0.4 is 4.90 Å². The van der Waals surface area contributed by atoms with E-state index in [1.165, 1.54) is 25.0 Å². The standard InChI is InChI=1S/C13H17ClFN/c1-13(2)6-3-7-16(13)12-5-4-11(15)8-10(12)9-14/h4-5,8H,3,6-7,9H2,1-2H3. The maximum absolute atomic E-state index is 13.1. The number of hydrogen-bond donors (Lipinski definition) is 0. The third-order valence-electron chi connectivity index (χ3n) is 3.38. The summed E-state index contributed by atoms with van der Waals surface area (Å²) in [6.07, 6.45) is 2.36. The summed E-state index contributed by atoms with van der Waals surface area (Å²) in [5.41, 5.74) is 2.12. The summed E-state index contributed by atoms with van der Waals surface area (Å²) in [7, 11) is 0. The monoisotopic (exact) mass is 241 g/mol. The fourth-order valence-electron chi connectivity index (χ4n) is 2.48. The molecular weight excluding hydrogens is 225 g/mol. The van der Waals surface area contributed by atoms with Crippen LogP contribution >= 0.6 is 11.6 Å². The van der Waals surface area contributed by atoms with E-state index in [0.717, 1.165) is 17.8 Å². The molecule has 0 unspecified atom stereocenters. The molecule has 2 rings (SSSR count). The van der Waals surface area contributed by atoms with Crippen molar-refractivity contribution in [2.24, 2.45) is 0 Å². The van der Waals surface area contributed by atoms with Gasteiger partial charge in [0.15, 0.2) is 0 Å². The molecule has 0 aromatic heterocycles. The van der Waals surface area contributed by atoms with E-state index in [-0.39, 0.29) is 11.4 Å². The average molecular weight is 242 g/mol. The number of halogens is 2. The van der Waals surface area contributed by atoms with Crippen molar-refractivity contribution in [1.29, 1.82) is 0 Å². The highest BCUT2D eigenvalue weighted by molar-refractivity contribution is 6.17. The van der Waals surface area contributed by atoms with Gasteiger partial charge in [-0.05, 0) is 50.5 Å². The van der Waals surface area contributed by atoms with E-state index >= 15 is 0 Å². The Balaban J connectivity index is 2.40. The van der Waals surface area contributed by atoms with E-state index in [2.05, 4.69) is 18.7 Å². The van der Waals surface area contributed by atoms with Gasteiger partial charge in [-0.15, -0.1) is 11.6 Å². The molecule has 0 aliphatic carbocycles. The highest BCUT2D eigenvalue weighted by Crippen LogP contribution is 2.36. The van der Waals surface area contributed by atoms with Crippen LogP contribution in [-0.2, 0) is 5.88 Å². The Bertz CT molecular complexity index is 390. The zero-order valence-electron chi connectivity index (χ0n) is 9.76. The number of anilines is 1. The van der Waals surface area contributed by atoms with Crippen molar-refractivity contribution in [3.8, 4) is 0 Å². The predicted molar refractivity (Wildman–Crippen MR) is 66.6 cm³/mol. The molecule has 0 N–H and O–H groups in total. The lowest BCUT2D eigenvalue weighted by atomic mass is 10.0. The summed E-state index contributed by atoms with van der Waals surface area (Å²) in [6.45, 7) is 5.48. The van der Waals surface area contributed by atoms with Gasteiger partial charge in [-0.25, -0.2) is 4.39 Å². The summed E-state index contributed by atoms with van der Waals surface area (Å²) in [5, 5.41) is 0. The van der Waals surface area contributed by atoms with Crippen molar-refractivity contribution in [3.05, 3.63) is 29.6 Å². The van der Waals surface area contributed by atoms with Crippen LogP contribution in [0.5, 0.6) is 0 Å². The number of benzene rings is 1. The molecule has 3 heteroatoms. The highest BCUT2D eigenvalue weighted by Gasteiger charge is 2.32. The van der Waals surface area contributed by atoms with Gasteiger partial charge >= 0.3 is 0 Å². The lowest BCUT2D eigenvalue weighted by Gasteiger charge is -2.35. The first-order valence-electron chi connectivity index (χ1n) is 5.66. The second kappa shape index (κ2) is 4.25. The fourth-order valence-corrected chi connectivity index (χ4v) is 2.69. The summed E-state index contributed by atoms with van der Waals surface area (Å²) in [6, 6.07) is 4.90. The Labute approximate surface area is 101 Å². The van der Waals surface area contributed by atoms with Crippen molar-refractivity contribution in [3.63, 3.8) is 0 Å². The van der Waals surface area contributed by atoms with Crippen LogP contribution in [0.4, 0.5) is 10.1 Å². The number of nitrogens with zero attached hydrogens (tertiary/aromatic N) is 1. The largest absolute Gasteiger partial charge is 0.366 e. The summed E-state index contributed by atoms with van der Waals surface area (Å²) in [5.74, 6) is 0.149. The first kappa shape index (κ1) is 11.7. The van der Waals surface area contributed by atoms with Crippen LogP contribution in [0.2, 0.25) is 0 Å². The van der Waals surface area contributed by atoms with Gasteiger partial charge in [0.25, 0.3) is 0 Å². The molecule has 1 aromatic carbocycles. The van der Waals surface area contributed by atoms with E-state index in [4.69, 9.17) is 11.6 Å². The topological polar surface area (TPSA) is 3.24 Å². The van der Waals surface area contributed by atoms with Crippen molar-refractivity contribution in [1.82, 2.24) is 0 Å². The van der Waals surface area contributed by atoms with E-state index < -0.39 is 0 Å². The highest BCUT2D eigenvalue weighted by atomic mass is 35.5. The molecule has 1 heterocycles. The SMILES string of the molecule is CC1(C)CCCN1c1ccc(F)cc1CCl. The van der Waals surface area contributed by atoms with Gasteiger partial charge in [0.2, 0.25) is 0 Å². The van der Waals surface area contributed by atoms with Crippen LogP contribution in [0.3, 0.4) is 0 Å². The minimum Gasteiger partial charge on any atom is -0.366 e. The molecule has 0 radical (unpaired) electrons. The molecule has 0 saturated carbocycles. The second-order valence-electron chi connectivity index (χ2n) is 4.97. The first-order valence-corrected chi connectivity index (χ1v) is 6.20. The van der Waals surface area contributed by atoms with Crippen molar-refractivity contribution in [2.75, 3.05) is 11.4 Å². The van der Waals surface area contributed by atoms with Crippen LogP contribution in [0, 0.1) is 5.82 Å². The van der Waals surface area contributed by atoms with E-state index in [1.807, 2.05) is 6.07 Å². The molecule has 1 fully saturated rings. The molecule has 1 saturated heterocycles. The Morgan fingerprint density at radius 2 is 2.19 bits per heavy atom. The van der Waals surface area contributed by atoms with E-state index in [0.29, 0.717) is 5.88 Å². The van der Waals surface area contributed by atoms with E-state index in [1.54, 1.807) is 0 Å². The normalized spacial score (nSPS) is 19.1. The Kier molecular flexibility index (Phi) is 3.11. The number of alkyl halides is 1. The van der Waals surface area contributed by atoms with Crippen LogP contribution in [0.15, 0.2) is 18.2 Å². The third-order valence-corrected chi connectivity index (χ3v) is 3.67. The smallest absolute Gasteiger partial charge is 0.123 e. The van der Waals surface area contributed by atoms with Gasteiger partial charge in [-0.2, -0.15) is 0 Å². The third kappa shape index (κ3) is 2.03. The second-order valence-corrected chi connectivity index (χ2v) is 5.24. The Hall–Kier alpha value is -0.760. The van der Waals surface area contributed by atoms with Gasteiger partial charge in [-0.1, -0.05) is 0 Å². The molecule has 1 nitrogen and oxygen atoms in total. The maximum Gasteiger partial charge on any atom is 0.123 e. The molecule has 1 aromatic rings. The summed E-state index contributed by atoms with van der Waals surface area (Å²) >= 11 is 5.88. The molecule has 0 spiro atoms. The summed E-state index contributed by atoms with van der Waals surface area (Å²) in [4.78, 5) is 2.34. The molecule has 0 amide bonds. The van der Waals surface area contributed by atoms with Gasteiger partial charge in [0.1, 0.15) is 5.82 Å². The van der Waals surface area contributed by atoms with Gasteiger partial charge < -0.3 is 4.90 Å². The lowest BCUT2D eigenvalue weighted by Crippen LogP contribution is -2.38. The van der Waals surface area contributed by atoms with Crippen LogP contribution in [0.25, 0.3) is 0 Å². The minimum absolute atomic E-state index is 0.151. The zero-order valence-corrected chi connectivity index (χ0v) is 10.5. The van der Waals surface area contributed by atoms with Crippen molar-refractivity contribution < 1.29 is 4.39 Å². The van der Waals surface area contributed by atoms with Crippen LogP contribution in [-0.4, -0.2) is 12.1 Å². The summed E-state index contributed by atoms with van der Waals surface area (Å²) < 4.78 is 13.1. The molecule has 16 heavy (non-hydrogen) atoms. The Morgan fingerprint density at radius 3 is 2.75 bits per heavy atom. The molecule has 0 bridgehead atoms. The molecule has 1 aliphatic rings. The van der Waals surface area contributed by atoms with E-state index in [9.17, 15) is 4.39 Å². The predicted octanol–water partition coefficient (Wildman–Crippen LogP) is 3.94. The maximum atomic E-state index is 13.1. The minimum atomic E-state index is -0.212. The fraction of sp³-hybridized carbons (Fsp3) is 0.538. The zero-order chi connectivity index (χ0) is 11.8. The Morgan fingerprint density at radius 1 is 1.44 bits per heavy atom. The van der Waals surface area contributed by atoms with Crippen molar-refractivity contribution in [2.45, 2.75) is 38.1 Å². The van der Waals surface area contributed by atoms with Crippen molar-refractivity contribution >= 4 is 17.3 Å². The van der Waals surface area contributed by atoms with Gasteiger partial charge in [0, 0.05) is 23.7 Å². The lowest BCUT2D eigenvalue weighted by molar-refractivity contribution is 0.516. The molecular formula is C13H17ClFN. The van der Waals surface area contributed by atoms with Gasteiger partial charge in [0.05, 0.1) is 0 Å². The molecule has 0 atom stereocenters. The molecule has 88 valence electrons. The molecule has 1 aliphatic heterocycles. The first-order chi connectivity index (χ1) is 7.54. The van der Waals surface area contributed by atoms with Crippen LogP contribution in [0.1, 0.15) is 32.3 Å². The average Bonchev–Trinajstić information content (AvgIpc) is 2.58.